The number of nitrogens with one attached hydrogen (secondary N) is 8. The molecule has 4 atom stereocenters. The van der Waals surface area contributed by atoms with Gasteiger partial charge >= 0.3 is 24.1 Å². The van der Waals surface area contributed by atoms with Gasteiger partial charge in [-0.15, -0.1) is 0 Å². The summed E-state index contributed by atoms with van der Waals surface area (Å²) in [6.45, 7) is 6.38. The van der Waals surface area contributed by atoms with E-state index in [1.54, 1.807) is 12.4 Å². The van der Waals surface area contributed by atoms with Crippen molar-refractivity contribution in [2.45, 2.75) is 102 Å². The standard InChI is InChI=1S/C64H88Cl4N10O18/c1-43-11-17-71-55(31-43)69-13-5-3-9-57(79)75-53(61(85)77-51(39-59(81)82)45-33-47(65)37-48(66)34-45)41-93-25-23-89-19-21-91-27-29-95-63(87)73-15-7-8-16-74-64(88)96-30-28-92-22-20-90-24-26-94-42-54(76-58(80)10-4-6-14-70-56-32-44(2)12-18-72-56)62(86)78-52(40-60(83)84)46-35-49(67)38-50(68)36-46/h11-12,17-18,31-38,51-54H,3-10,13-16,19-30,39-42H2,1-2H3,(H,69,71)(H,70,72)(H,73,87)(H,74,88)(H,75,79)(H,76,80)(H,77,85)(H,78,86)(H,81,82)(H,83,84). The SMILES string of the molecule is Cc1ccnc(NCCCCC(=O)NC(COCCOCCOCCOC(=O)NCCCCNC(=O)OCCOCCOCCOCC(NC(=O)CCCCNc2cc(C)ccn2)C(=O)NC(CC(=O)O)c2cc(Cl)cc(Cl)c2)C(=O)NC(CC(=O)O)c2cc(Cl)cc(Cl)c2)c1. The number of alkyl carbamates (subject to hydrolysis) is 2. The quantitative estimate of drug-likeness (QED) is 0.0191. The van der Waals surface area contributed by atoms with Gasteiger partial charge in [-0.05, 0) is 135 Å². The Morgan fingerprint density at radius 2 is 0.760 bits per heavy atom. The Bertz CT molecular complexity index is 2800. The van der Waals surface area contributed by atoms with Crippen LogP contribution in [-0.4, -0.2) is 199 Å². The van der Waals surface area contributed by atoms with E-state index in [1.165, 1.54) is 36.4 Å². The predicted molar refractivity (Wildman–Crippen MR) is 359 cm³/mol. The number of pyridine rings is 2. The van der Waals surface area contributed by atoms with Crippen LogP contribution in [0.3, 0.4) is 0 Å². The van der Waals surface area contributed by atoms with Crippen LogP contribution in [0, 0.1) is 13.8 Å². The van der Waals surface area contributed by atoms with E-state index in [9.17, 15) is 48.6 Å². The lowest BCUT2D eigenvalue weighted by molar-refractivity contribution is -0.139. The highest BCUT2D eigenvalue weighted by molar-refractivity contribution is 6.35. The molecule has 0 fully saturated rings. The summed E-state index contributed by atoms with van der Waals surface area (Å²) in [6, 6.07) is 12.1. The maximum Gasteiger partial charge on any atom is 0.407 e. The van der Waals surface area contributed by atoms with Crippen molar-refractivity contribution in [2.75, 3.05) is 129 Å². The Morgan fingerprint density at radius 3 is 1.10 bits per heavy atom. The second-order valence-electron chi connectivity index (χ2n) is 21.6. The number of carboxylic acid groups (broad SMARTS) is 2. The molecule has 2 aromatic carbocycles. The molecule has 4 aromatic rings. The Labute approximate surface area is 578 Å². The molecule has 0 saturated carbocycles. The molecule has 2 aromatic heterocycles. The third kappa shape index (κ3) is 37.8. The molecule has 0 radical (unpaired) electrons. The molecule has 0 saturated heterocycles. The van der Waals surface area contributed by atoms with Crippen LogP contribution in [0.15, 0.2) is 73.1 Å². The van der Waals surface area contributed by atoms with Crippen molar-refractivity contribution in [3.8, 4) is 0 Å². The zero-order chi connectivity index (χ0) is 69.7. The Hall–Kier alpha value is -7.38. The second-order valence-corrected chi connectivity index (χ2v) is 23.3. The largest absolute Gasteiger partial charge is 0.481 e. The molecule has 0 aliphatic rings. The van der Waals surface area contributed by atoms with Gasteiger partial charge in [0, 0.05) is 71.5 Å². The summed E-state index contributed by atoms with van der Waals surface area (Å²) in [5.74, 6) is -3.07. The summed E-state index contributed by atoms with van der Waals surface area (Å²) in [6.07, 6.45) is 4.80. The second kappa shape index (κ2) is 48.3. The van der Waals surface area contributed by atoms with E-state index in [1.807, 2.05) is 38.1 Å². The summed E-state index contributed by atoms with van der Waals surface area (Å²) in [5.41, 5.74) is 2.85. The number of benzene rings is 2. The fourth-order valence-corrected chi connectivity index (χ4v) is 9.86. The van der Waals surface area contributed by atoms with Crippen molar-refractivity contribution in [1.29, 1.82) is 0 Å². The third-order valence-electron chi connectivity index (χ3n) is 13.5. The van der Waals surface area contributed by atoms with Crippen LogP contribution in [0.2, 0.25) is 20.1 Å². The van der Waals surface area contributed by atoms with Crippen molar-refractivity contribution in [2.24, 2.45) is 0 Å². The molecule has 6 amide bonds. The van der Waals surface area contributed by atoms with Crippen molar-refractivity contribution >= 4 is 106 Å². The minimum absolute atomic E-state index is 0.0184. The summed E-state index contributed by atoms with van der Waals surface area (Å²) >= 11 is 24.7. The van der Waals surface area contributed by atoms with Gasteiger partial charge in [0.15, 0.2) is 0 Å². The van der Waals surface area contributed by atoms with E-state index in [4.69, 9.17) is 84.3 Å². The van der Waals surface area contributed by atoms with Crippen LogP contribution in [0.4, 0.5) is 21.2 Å². The lowest BCUT2D eigenvalue weighted by atomic mass is 10.0. The smallest absolute Gasteiger partial charge is 0.407 e. The first-order valence-electron chi connectivity index (χ1n) is 31.4. The van der Waals surface area contributed by atoms with Crippen LogP contribution in [0.5, 0.6) is 0 Å². The number of hydrogen-bond donors (Lipinski definition) is 10. The number of carboxylic acids is 2. The average molecular weight is 1430 g/mol. The molecule has 0 aliphatic carbocycles. The molecule has 32 heteroatoms. The molecule has 530 valence electrons. The number of hydrogen-bond acceptors (Lipinski definition) is 20. The number of halogens is 4. The normalized spacial score (nSPS) is 12.3. The average Bonchev–Trinajstić information content (AvgIpc) is 0.916. The van der Waals surface area contributed by atoms with E-state index >= 15 is 0 Å². The van der Waals surface area contributed by atoms with Crippen molar-refractivity contribution < 1.29 is 86.5 Å². The zero-order valence-electron chi connectivity index (χ0n) is 53.9. The van der Waals surface area contributed by atoms with E-state index in [-0.39, 0.29) is 125 Å². The molecular formula is C64H88Cl4N10O18. The molecule has 96 heavy (non-hydrogen) atoms. The Kier molecular flexibility index (Phi) is 40.8. The van der Waals surface area contributed by atoms with Crippen molar-refractivity contribution in [1.82, 2.24) is 41.9 Å². The highest BCUT2D eigenvalue weighted by atomic mass is 35.5. The number of carbonyl (C=O) groups excluding carboxylic acids is 6. The molecule has 10 N–H and O–H groups in total. The summed E-state index contributed by atoms with van der Waals surface area (Å²) in [4.78, 5) is 110. The Morgan fingerprint density at radius 1 is 0.427 bits per heavy atom. The van der Waals surface area contributed by atoms with Gasteiger partial charge in [-0.2, -0.15) is 0 Å². The number of amides is 6. The number of rotatable bonds is 51. The molecule has 0 bridgehead atoms. The third-order valence-corrected chi connectivity index (χ3v) is 14.4. The molecule has 4 rings (SSSR count). The molecule has 0 aliphatic heterocycles. The highest BCUT2D eigenvalue weighted by Crippen LogP contribution is 2.27. The first-order valence-corrected chi connectivity index (χ1v) is 32.9. The van der Waals surface area contributed by atoms with Crippen LogP contribution in [0.25, 0.3) is 0 Å². The number of aliphatic carboxylic acids is 2. The fraction of sp³-hybridized carbons (Fsp3) is 0.531. The summed E-state index contributed by atoms with van der Waals surface area (Å²) in [5, 5.41) is 42.7. The van der Waals surface area contributed by atoms with E-state index in [2.05, 4.69) is 52.5 Å². The minimum atomic E-state index is -1.19. The monoisotopic (exact) mass is 1420 g/mol. The highest BCUT2D eigenvalue weighted by Gasteiger charge is 2.28. The van der Waals surface area contributed by atoms with Gasteiger partial charge in [0.05, 0.1) is 104 Å². The lowest BCUT2D eigenvalue weighted by Crippen LogP contribution is -2.50. The van der Waals surface area contributed by atoms with Gasteiger partial charge in [0.2, 0.25) is 23.6 Å². The van der Waals surface area contributed by atoms with Crippen LogP contribution < -0.4 is 42.5 Å². The maximum absolute atomic E-state index is 13.6. The first-order chi connectivity index (χ1) is 46.2. The van der Waals surface area contributed by atoms with Crippen molar-refractivity contribution in [3.05, 3.63) is 115 Å². The number of aromatic nitrogens is 2. The molecule has 28 nitrogen and oxygen atoms in total. The minimum Gasteiger partial charge on any atom is -0.481 e. The topological polar surface area (TPSA) is 373 Å². The molecule has 0 spiro atoms. The van der Waals surface area contributed by atoms with Crippen LogP contribution in [0.1, 0.15) is 98.5 Å². The maximum atomic E-state index is 13.6. The molecular weight excluding hydrogens is 1340 g/mol. The Balaban J connectivity index is 0.999. The van der Waals surface area contributed by atoms with Gasteiger partial charge in [-0.25, -0.2) is 19.6 Å². The van der Waals surface area contributed by atoms with Gasteiger partial charge in [0.1, 0.15) is 36.9 Å². The zero-order valence-corrected chi connectivity index (χ0v) is 56.9. The number of carbonyl (C=O) groups is 8. The van der Waals surface area contributed by atoms with Gasteiger partial charge in [0.25, 0.3) is 0 Å². The predicted octanol–water partition coefficient (Wildman–Crippen LogP) is 7.54. The van der Waals surface area contributed by atoms with Gasteiger partial charge in [-0.3, -0.25) is 28.8 Å². The number of anilines is 2. The summed E-state index contributed by atoms with van der Waals surface area (Å²) in [7, 11) is 0. The van der Waals surface area contributed by atoms with E-state index in [0.717, 1.165) is 22.8 Å². The van der Waals surface area contributed by atoms with E-state index in [0.29, 0.717) is 75.8 Å². The molecule has 2 heterocycles. The first kappa shape index (κ1) is 81.1. The number of unbranched alkanes of at least 4 members (excludes halogenated alkanes) is 3. The fourth-order valence-electron chi connectivity index (χ4n) is 8.77. The van der Waals surface area contributed by atoms with Crippen molar-refractivity contribution in [3.63, 3.8) is 0 Å². The molecule has 4 unspecified atom stereocenters. The lowest BCUT2D eigenvalue weighted by Gasteiger charge is -2.23. The van der Waals surface area contributed by atoms with E-state index < -0.39 is 84.8 Å². The number of nitrogens with zero attached hydrogens (tertiary/aromatic N) is 2. The van der Waals surface area contributed by atoms with Crippen LogP contribution in [-0.2, 0) is 66.7 Å². The van der Waals surface area contributed by atoms with Crippen LogP contribution >= 0.6 is 46.4 Å². The van der Waals surface area contributed by atoms with Gasteiger partial charge in [-0.1, -0.05) is 46.4 Å². The summed E-state index contributed by atoms with van der Waals surface area (Å²) < 4.78 is 43.7. The van der Waals surface area contributed by atoms with Gasteiger partial charge < -0.3 is 90.6 Å². The number of ether oxygens (including phenoxy) is 8. The number of aryl methyl sites for hydroxylation is 2.